The van der Waals surface area contributed by atoms with Crippen molar-refractivity contribution >= 4 is 5.91 Å². The van der Waals surface area contributed by atoms with Gasteiger partial charge >= 0.3 is 0 Å². The van der Waals surface area contributed by atoms with Crippen LogP contribution < -0.4 is 5.32 Å². The Balaban J connectivity index is 1.73. The van der Waals surface area contributed by atoms with Crippen molar-refractivity contribution in [1.82, 2.24) is 15.1 Å². The number of nitrogens with zero attached hydrogens (tertiary/aromatic N) is 2. The minimum Gasteiger partial charge on any atom is -0.355 e. The van der Waals surface area contributed by atoms with Crippen molar-refractivity contribution in [3.63, 3.8) is 0 Å². The summed E-state index contributed by atoms with van der Waals surface area (Å²) in [5.41, 5.74) is 0.419. The highest BCUT2D eigenvalue weighted by molar-refractivity contribution is 5.83. The first-order valence-corrected chi connectivity index (χ1v) is 7.20. The third kappa shape index (κ3) is 3.69. The van der Waals surface area contributed by atoms with E-state index in [4.69, 9.17) is 0 Å². The van der Waals surface area contributed by atoms with Crippen molar-refractivity contribution in [2.45, 2.75) is 39.7 Å². The largest absolute Gasteiger partial charge is 0.355 e. The Morgan fingerprint density at radius 3 is 2.39 bits per heavy atom. The lowest BCUT2D eigenvalue weighted by Crippen LogP contribution is -2.52. The van der Waals surface area contributed by atoms with Crippen LogP contribution in [0.15, 0.2) is 0 Å². The molecule has 18 heavy (non-hydrogen) atoms. The number of nitrogens with one attached hydrogen (secondary N) is 1. The van der Waals surface area contributed by atoms with Gasteiger partial charge < -0.3 is 10.2 Å². The molecule has 2 rings (SSSR count). The van der Waals surface area contributed by atoms with Gasteiger partial charge in [0.1, 0.15) is 0 Å². The molecular weight excluding hydrogens is 226 g/mol. The first kappa shape index (κ1) is 13.8. The maximum absolute atomic E-state index is 11.6. The summed E-state index contributed by atoms with van der Waals surface area (Å²) in [6.07, 6.45) is 2.23. The second-order valence-electron chi connectivity index (χ2n) is 6.78. The summed E-state index contributed by atoms with van der Waals surface area (Å²) < 4.78 is 0. The third-order valence-electron chi connectivity index (χ3n) is 4.05. The molecule has 104 valence electrons. The Morgan fingerprint density at radius 1 is 1.22 bits per heavy atom. The number of carbonyl (C=O) groups excluding carboxylic acids is 1. The van der Waals surface area contributed by atoms with Gasteiger partial charge in [0.05, 0.1) is 6.04 Å². The molecule has 2 saturated heterocycles. The van der Waals surface area contributed by atoms with E-state index in [1.807, 2.05) is 0 Å². The fourth-order valence-electron chi connectivity index (χ4n) is 2.72. The van der Waals surface area contributed by atoms with Crippen LogP contribution in [0.3, 0.4) is 0 Å². The lowest BCUT2D eigenvalue weighted by atomic mass is 9.92. The number of rotatable bonds is 3. The number of piperazine rings is 1. The van der Waals surface area contributed by atoms with Gasteiger partial charge in [0, 0.05) is 32.7 Å². The molecule has 0 spiro atoms. The average Bonchev–Trinajstić information content (AvgIpc) is 2.73. The van der Waals surface area contributed by atoms with E-state index in [-0.39, 0.29) is 11.9 Å². The Labute approximate surface area is 111 Å². The normalized spacial score (nSPS) is 27.5. The lowest BCUT2D eigenvalue weighted by molar-refractivity contribution is -0.124. The molecule has 0 aromatic carbocycles. The highest BCUT2D eigenvalue weighted by Crippen LogP contribution is 2.20. The van der Waals surface area contributed by atoms with Crippen LogP contribution in [0, 0.1) is 5.41 Å². The van der Waals surface area contributed by atoms with Crippen LogP contribution >= 0.6 is 0 Å². The van der Waals surface area contributed by atoms with Crippen LogP contribution in [0.1, 0.15) is 33.6 Å². The molecule has 2 heterocycles. The highest BCUT2D eigenvalue weighted by atomic mass is 16.2. The summed E-state index contributed by atoms with van der Waals surface area (Å²) in [5, 5.41) is 2.93. The van der Waals surface area contributed by atoms with E-state index in [1.54, 1.807) is 0 Å². The van der Waals surface area contributed by atoms with Crippen molar-refractivity contribution in [1.29, 1.82) is 0 Å². The SMILES string of the molecule is CC(C)(C)CCN1CCN([C@H]2CCNC2=O)CC1. The fraction of sp³-hybridized carbons (Fsp3) is 0.929. The van der Waals surface area contributed by atoms with E-state index >= 15 is 0 Å². The molecule has 0 saturated carbocycles. The highest BCUT2D eigenvalue weighted by Gasteiger charge is 2.32. The minimum absolute atomic E-state index is 0.148. The molecule has 0 aliphatic carbocycles. The third-order valence-corrected chi connectivity index (χ3v) is 4.05. The second-order valence-corrected chi connectivity index (χ2v) is 6.78. The zero-order valence-electron chi connectivity index (χ0n) is 12.0. The molecule has 4 nitrogen and oxygen atoms in total. The molecule has 1 N–H and O–H groups in total. The summed E-state index contributed by atoms with van der Waals surface area (Å²) >= 11 is 0. The molecule has 2 aliphatic rings. The van der Waals surface area contributed by atoms with E-state index in [9.17, 15) is 4.79 Å². The van der Waals surface area contributed by atoms with E-state index in [2.05, 4.69) is 35.9 Å². The summed E-state index contributed by atoms with van der Waals surface area (Å²) in [7, 11) is 0. The van der Waals surface area contributed by atoms with Gasteiger partial charge in [-0.3, -0.25) is 9.69 Å². The minimum atomic E-state index is 0.148. The van der Waals surface area contributed by atoms with E-state index in [1.165, 1.54) is 13.0 Å². The predicted molar refractivity (Wildman–Crippen MR) is 73.5 cm³/mol. The molecule has 2 aliphatic heterocycles. The fourth-order valence-corrected chi connectivity index (χ4v) is 2.72. The Bertz CT molecular complexity index is 290. The molecule has 0 unspecified atom stereocenters. The van der Waals surface area contributed by atoms with Gasteiger partial charge in [0.25, 0.3) is 0 Å². The maximum Gasteiger partial charge on any atom is 0.237 e. The zero-order chi connectivity index (χ0) is 13.2. The molecule has 2 fully saturated rings. The van der Waals surface area contributed by atoms with Crippen molar-refractivity contribution < 1.29 is 4.79 Å². The van der Waals surface area contributed by atoms with Gasteiger partial charge in [0.15, 0.2) is 0 Å². The Kier molecular flexibility index (Phi) is 4.28. The quantitative estimate of drug-likeness (QED) is 0.813. The van der Waals surface area contributed by atoms with E-state index in [0.29, 0.717) is 5.41 Å². The second kappa shape index (κ2) is 5.57. The van der Waals surface area contributed by atoms with Crippen LogP contribution in [0.2, 0.25) is 0 Å². The first-order chi connectivity index (χ1) is 8.46. The molecule has 0 aromatic heterocycles. The predicted octanol–water partition coefficient (Wildman–Crippen LogP) is 0.929. The van der Waals surface area contributed by atoms with Gasteiger partial charge in [-0.05, 0) is 24.8 Å². The van der Waals surface area contributed by atoms with Crippen LogP contribution in [0.5, 0.6) is 0 Å². The standard InChI is InChI=1S/C14H27N3O/c1-14(2,3)5-7-16-8-10-17(11-9-16)12-4-6-15-13(12)18/h12H,4-11H2,1-3H3,(H,15,18)/t12-/m0/s1. The van der Waals surface area contributed by atoms with Crippen LogP contribution in [-0.2, 0) is 4.79 Å². The molecular formula is C14H27N3O. The van der Waals surface area contributed by atoms with Gasteiger partial charge in [-0.1, -0.05) is 20.8 Å². The van der Waals surface area contributed by atoms with E-state index < -0.39 is 0 Å². The molecule has 0 radical (unpaired) electrons. The summed E-state index contributed by atoms with van der Waals surface area (Å²) in [6.45, 7) is 13.2. The zero-order valence-corrected chi connectivity index (χ0v) is 12.0. The van der Waals surface area contributed by atoms with E-state index in [0.717, 1.165) is 39.1 Å². The van der Waals surface area contributed by atoms with Crippen molar-refractivity contribution in [2.24, 2.45) is 5.41 Å². The summed E-state index contributed by atoms with van der Waals surface area (Å²) in [4.78, 5) is 16.5. The maximum atomic E-state index is 11.6. The van der Waals surface area contributed by atoms with Gasteiger partial charge in [-0.2, -0.15) is 0 Å². The average molecular weight is 253 g/mol. The van der Waals surface area contributed by atoms with Gasteiger partial charge in [-0.25, -0.2) is 0 Å². The number of carbonyl (C=O) groups is 1. The van der Waals surface area contributed by atoms with Gasteiger partial charge in [-0.15, -0.1) is 0 Å². The monoisotopic (exact) mass is 253 g/mol. The number of hydrogen-bond acceptors (Lipinski definition) is 3. The molecule has 0 bridgehead atoms. The van der Waals surface area contributed by atoms with Crippen molar-refractivity contribution in [2.75, 3.05) is 39.3 Å². The van der Waals surface area contributed by atoms with Crippen LogP contribution in [0.25, 0.3) is 0 Å². The Morgan fingerprint density at radius 2 is 1.89 bits per heavy atom. The van der Waals surface area contributed by atoms with Crippen molar-refractivity contribution in [3.8, 4) is 0 Å². The smallest absolute Gasteiger partial charge is 0.237 e. The number of amides is 1. The van der Waals surface area contributed by atoms with Crippen LogP contribution in [0.4, 0.5) is 0 Å². The first-order valence-electron chi connectivity index (χ1n) is 7.20. The lowest BCUT2D eigenvalue weighted by Gasteiger charge is -2.37. The van der Waals surface area contributed by atoms with Gasteiger partial charge in [0.2, 0.25) is 5.91 Å². The summed E-state index contributed by atoms with van der Waals surface area (Å²) in [6, 6.07) is 0.148. The molecule has 1 atom stereocenters. The van der Waals surface area contributed by atoms with Crippen LogP contribution in [-0.4, -0.2) is 61.0 Å². The summed E-state index contributed by atoms with van der Waals surface area (Å²) in [5.74, 6) is 0.234. The van der Waals surface area contributed by atoms with Crippen molar-refractivity contribution in [3.05, 3.63) is 0 Å². The Hall–Kier alpha value is -0.610. The number of hydrogen-bond donors (Lipinski definition) is 1. The molecule has 4 heteroatoms. The topological polar surface area (TPSA) is 35.6 Å². The molecule has 0 aromatic rings. The molecule has 1 amide bonds.